The molecule has 1 N–H and O–H groups in total. The van der Waals surface area contributed by atoms with Gasteiger partial charge in [-0.15, -0.1) is 0 Å². The molecule has 0 bridgehead atoms. The average molecular weight is 344 g/mol. The first-order chi connectivity index (χ1) is 12.0. The highest BCUT2D eigenvalue weighted by Crippen LogP contribution is 2.32. The lowest BCUT2D eigenvalue weighted by molar-refractivity contribution is -0.0760. The van der Waals surface area contributed by atoms with E-state index >= 15 is 0 Å². The molecule has 0 unspecified atom stereocenters. The van der Waals surface area contributed by atoms with Crippen molar-refractivity contribution < 1.29 is 14.1 Å². The molecule has 1 amide bonds. The summed E-state index contributed by atoms with van der Waals surface area (Å²) < 4.78 is 10.9. The topological polar surface area (TPSA) is 90.1 Å². The second-order valence-corrected chi connectivity index (χ2v) is 6.90. The van der Waals surface area contributed by atoms with Crippen molar-refractivity contribution in [3.63, 3.8) is 0 Å². The Kier molecular flexibility index (Phi) is 5.13. The Balaban J connectivity index is 1.58. The highest BCUT2D eigenvalue weighted by Gasteiger charge is 2.32. The molecule has 0 radical (unpaired) electrons. The highest BCUT2D eigenvalue weighted by atomic mass is 16.5. The molecule has 2 aromatic heterocycles. The first-order valence-corrected chi connectivity index (χ1v) is 8.68. The lowest BCUT2D eigenvalue weighted by Gasteiger charge is -2.32. The second-order valence-electron chi connectivity index (χ2n) is 6.90. The molecule has 0 aliphatic carbocycles. The number of amides is 1. The summed E-state index contributed by atoms with van der Waals surface area (Å²) in [7, 11) is 0. The maximum absolute atomic E-state index is 12.1. The van der Waals surface area contributed by atoms with Crippen LogP contribution < -0.4 is 5.32 Å². The van der Waals surface area contributed by atoms with Gasteiger partial charge >= 0.3 is 0 Å². The van der Waals surface area contributed by atoms with Crippen molar-refractivity contribution >= 4 is 5.91 Å². The Bertz CT molecular complexity index is 718. The van der Waals surface area contributed by atoms with E-state index in [0.29, 0.717) is 12.4 Å². The zero-order valence-electron chi connectivity index (χ0n) is 14.9. The van der Waals surface area contributed by atoms with Crippen LogP contribution in [-0.2, 0) is 16.9 Å². The molecule has 2 aromatic rings. The molecular formula is C18H24N4O3. The molecule has 1 aliphatic heterocycles. The minimum atomic E-state index is -0.410. The number of hydrogen-bond acceptors (Lipinski definition) is 6. The Morgan fingerprint density at radius 2 is 2.08 bits per heavy atom. The van der Waals surface area contributed by atoms with Gasteiger partial charge < -0.3 is 14.6 Å². The summed E-state index contributed by atoms with van der Waals surface area (Å²) in [4.78, 5) is 21.0. The Labute approximate surface area is 147 Å². The van der Waals surface area contributed by atoms with E-state index < -0.39 is 5.60 Å². The molecule has 0 saturated carbocycles. The smallest absolute Gasteiger partial charge is 0.290 e. The van der Waals surface area contributed by atoms with E-state index in [1.165, 1.54) is 0 Å². The van der Waals surface area contributed by atoms with Gasteiger partial charge in [0.1, 0.15) is 5.60 Å². The molecule has 7 nitrogen and oxygen atoms in total. The lowest BCUT2D eigenvalue weighted by Crippen LogP contribution is -2.32. The summed E-state index contributed by atoms with van der Waals surface area (Å²) in [6, 6.07) is 1.67. The van der Waals surface area contributed by atoms with Crippen LogP contribution in [0.5, 0.6) is 0 Å². The normalized spacial score (nSPS) is 20.6. The summed E-state index contributed by atoms with van der Waals surface area (Å²) in [6.07, 6.45) is 6.58. The monoisotopic (exact) mass is 344 g/mol. The molecule has 7 heteroatoms. The number of aromatic nitrogens is 3. The van der Waals surface area contributed by atoms with Crippen LogP contribution in [0.4, 0.5) is 0 Å². The lowest BCUT2D eigenvalue weighted by atomic mass is 9.95. The van der Waals surface area contributed by atoms with Crippen LogP contribution in [0.1, 0.15) is 73.6 Å². The summed E-state index contributed by atoms with van der Waals surface area (Å²) in [6.45, 7) is 7.09. The van der Waals surface area contributed by atoms with E-state index in [4.69, 9.17) is 9.26 Å². The van der Waals surface area contributed by atoms with Gasteiger partial charge in [-0.3, -0.25) is 4.79 Å². The summed E-state index contributed by atoms with van der Waals surface area (Å²) in [5.74, 6) is 0.823. The summed E-state index contributed by atoms with van der Waals surface area (Å²) in [5, 5.41) is 6.68. The molecule has 134 valence electrons. The van der Waals surface area contributed by atoms with E-state index in [9.17, 15) is 4.79 Å². The van der Waals surface area contributed by atoms with E-state index in [1.807, 2.05) is 20.8 Å². The SMILES string of the molecule is CC(C)c1cc(C(=O)NCc2cnc([C@]3(C)CCCCO3)nc2)on1. The highest BCUT2D eigenvalue weighted by molar-refractivity contribution is 5.91. The predicted molar refractivity (Wildman–Crippen MR) is 90.9 cm³/mol. The fourth-order valence-corrected chi connectivity index (χ4v) is 2.77. The van der Waals surface area contributed by atoms with Gasteiger partial charge in [0.05, 0.1) is 5.69 Å². The van der Waals surface area contributed by atoms with Gasteiger partial charge in [0, 0.05) is 37.2 Å². The number of hydrogen-bond donors (Lipinski definition) is 1. The minimum absolute atomic E-state index is 0.212. The maximum Gasteiger partial charge on any atom is 0.290 e. The fraction of sp³-hybridized carbons (Fsp3) is 0.556. The standard InChI is InChI=1S/C18H24N4O3/c1-12(2)14-8-15(25-22-14)16(23)19-9-13-10-20-17(21-11-13)18(3)6-4-5-7-24-18/h8,10-12H,4-7,9H2,1-3H3,(H,19,23)/t18-/m0/s1. The summed E-state index contributed by atoms with van der Waals surface area (Å²) >= 11 is 0. The first-order valence-electron chi connectivity index (χ1n) is 8.68. The third-order valence-electron chi connectivity index (χ3n) is 4.44. The zero-order chi connectivity index (χ0) is 17.9. The van der Waals surface area contributed by atoms with Crippen molar-refractivity contribution in [2.75, 3.05) is 6.61 Å². The molecule has 1 atom stereocenters. The van der Waals surface area contributed by atoms with Gasteiger partial charge in [-0.05, 0) is 32.1 Å². The number of nitrogens with zero attached hydrogens (tertiary/aromatic N) is 3. The van der Waals surface area contributed by atoms with Gasteiger partial charge in [0.25, 0.3) is 5.91 Å². The molecular weight excluding hydrogens is 320 g/mol. The fourth-order valence-electron chi connectivity index (χ4n) is 2.77. The minimum Gasteiger partial charge on any atom is -0.367 e. The van der Waals surface area contributed by atoms with Crippen molar-refractivity contribution in [3.05, 3.63) is 41.3 Å². The van der Waals surface area contributed by atoms with Gasteiger partial charge in [0.2, 0.25) is 5.76 Å². The Morgan fingerprint density at radius 3 is 2.68 bits per heavy atom. The molecule has 3 heterocycles. The van der Waals surface area contributed by atoms with Gasteiger partial charge in [0.15, 0.2) is 5.82 Å². The maximum atomic E-state index is 12.1. The molecule has 0 spiro atoms. The van der Waals surface area contributed by atoms with Crippen LogP contribution in [0.15, 0.2) is 23.0 Å². The second kappa shape index (κ2) is 7.31. The van der Waals surface area contributed by atoms with Crippen LogP contribution in [0.3, 0.4) is 0 Å². The van der Waals surface area contributed by atoms with Crippen molar-refractivity contribution in [3.8, 4) is 0 Å². The van der Waals surface area contributed by atoms with Crippen LogP contribution >= 0.6 is 0 Å². The van der Waals surface area contributed by atoms with Gasteiger partial charge in [-0.25, -0.2) is 9.97 Å². The van der Waals surface area contributed by atoms with Crippen molar-refractivity contribution in [2.45, 2.75) is 58.1 Å². The quantitative estimate of drug-likeness (QED) is 0.897. The number of carbonyl (C=O) groups is 1. The largest absolute Gasteiger partial charge is 0.367 e. The predicted octanol–water partition coefficient (Wildman–Crippen LogP) is 2.93. The van der Waals surface area contributed by atoms with Crippen LogP contribution in [0.25, 0.3) is 0 Å². The van der Waals surface area contributed by atoms with Crippen LogP contribution in [-0.4, -0.2) is 27.6 Å². The van der Waals surface area contributed by atoms with Crippen molar-refractivity contribution in [2.24, 2.45) is 0 Å². The van der Waals surface area contributed by atoms with E-state index in [1.54, 1.807) is 18.5 Å². The van der Waals surface area contributed by atoms with Gasteiger partial charge in [-0.2, -0.15) is 0 Å². The van der Waals surface area contributed by atoms with E-state index in [2.05, 4.69) is 20.4 Å². The number of ether oxygens (including phenoxy) is 1. The molecule has 3 rings (SSSR count). The van der Waals surface area contributed by atoms with Crippen LogP contribution in [0.2, 0.25) is 0 Å². The van der Waals surface area contributed by atoms with E-state index in [-0.39, 0.29) is 17.6 Å². The molecule has 1 saturated heterocycles. The molecule has 1 aliphatic rings. The number of rotatable bonds is 5. The Morgan fingerprint density at radius 1 is 1.32 bits per heavy atom. The van der Waals surface area contributed by atoms with Gasteiger partial charge in [-0.1, -0.05) is 19.0 Å². The third-order valence-corrected chi connectivity index (χ3v) is 4.44. The van der Waals surface area contributed by atoms with E-state index in [0.717, 1.165) is 37.1 Å². The molecule has 25 heavy (non-hydrogen) atoms. The summed E-state index contributed by atoms with van der Waals surface area (Å²) in [5.41, 5.74) is 1.17. The zero-order valence-corrected chi connectivity index (χ0v) is 14.9. The number of nitrogens with one attached hydrogen (secondary N) is 1. The van der Waals surface area contributed by atoms with Crippen LogP contribution in [0, 0.1) is 0 Å². The Hall–Kier alpha value is -2.28. The molecule has 0 aromatic carbocycles. The number of carbonyl (C=O) groups excluding carboxylic acids is 1. The third kappa shape index (κ3) is 4.04. The van der Waals surface area contributed by atoms with Crippen molar-refractivity contribution in [1.82, 2.24) is 20.4 Å². The molecule has 1 fully saturated rings. The van der Waals surface area contributed by atoms with Crippen molar-refractivity contribution in [1.29, 1.82) is 0 Å². The first kappa shape index (κ1) is 17.5. The average Bonchev–Trinajstić information content (AvgIpc) is 3.11.